The van der Waals surface area contributed by atoms with Crippen molar-refractivity contribution in [2.24, 2.45) is 5.10 Å². The smallest absolute Gasteiger partial charge is 0.216 e. The number of rotatable bonds is 3. The summed E-state index contributed by atoms with van der Waals surface area (Å²) < 4.78 is 1.98. The molecule has 0 amide bonds. The van der Waals surface area contributed by atoms with Gasteiger partial charge in [-0.05, 0) is 36.8 Å². The van der Waals surface area contributed by atoms with E-state index in [1.807, 2.05) is 55.5 Å². The summed E-state index contributed by atoms with van der Waals surface area (Å²) in [5.74, 6) is 0.583. The second-order valence-electron chi connectivity index (χ2n) is 4.80. The molecule has 2 aromatic carbocycles. The number of aromatic nitrogens is 3. The molecule has 0 saturated heterocycles. The Balaban J connectivity index is 2.04. The first kappa shape index (κ1) is 14.7. The first-order chi connectivity index (χ1) is 10.6. The molecule has 0 bridgehead atoms. The third kappa shape index (κ3) is 3.00. The van der Waals surface area contributed by atoms with Crippen molar-refractivity contribution in [3.8, 4) is 11.4 Å². The van der Waals surface area contributed by atoms with Crippen LogP contribution in [-0.4, -0.2) is 21.1 Å². The minimum absolute atomic E-state index is 0.416. The van der Waals surface area contributed by atoms with E-state index in [4.69, 9.17) is 23.8 Å². The van der Waals surface area contributed by atoms with Gasteiger partial charge < -0.3 is 0 Å². The minimum Gasteiger partial charge on any atom is -0.250 e. The predicted octanol–water partition coefficient (Wildman–Crippen LogP) is 4.45. The van der Waals surface area contributed by atoms with Crippen molar-refractivity contribution in [3.63, 3.8) is 0 Å². The van der Waals surface area contributed by atoms with Crippen molar-refractivity contribution >= 4 is 30.0 Å². The molecule has 0 aliphatic heterocycles. The third-order valence-corrected chi connectivity index (χ3v) is 3.72. The monoisotopic (exact) mass is 328 g/mol. The highest BCUT2D eigenvalue weighted by atomic mass is 35.5. The quantitative estimate of drug-likeness (QED) is 0.570. The van der Waals surface area contributed by atoms with Crippen LogP contribution in [0.2, 0.25) is 5.02 Å². The molecule has 6 heteroatoms. The second kappa shape index (κ2) is 6.25. The van der Waals surface area contributed by atoms with Crippen LogP contribution in [0.4, 0.5) is 0 Å². The Morgan fingerprint density at radius 1 is 1.23 bits per heavy atom. The first-order valence-corrected chi connectivity index (χ1v) is 7.47. The predicted molar refractivity (Wildman–Crippen MR) is 92.0 cm³/mol. The van der Waals surface area contributed by atoms with Crippen LogP contribution in [0.5, 0.6) is 0 Å². The molecule has 3 aromatic rings. The molecule has 0 aliphatic rings. The maximum Gasteiger partial charge on any atom is 0.216 e. The van der Waals surface area contributed by atoms with Crippen LogP contribution in [-0.2, 0) is 0 Å². The standard InChI is InChI=1S/C16H13ClN4S/c1-11-5-4-6-12(9-11)10-18-21-15(19-20-16(21)22)13-7-2-3-8-14(13)17/h2-10H,1H3,(H,20,22). The number of nitrogens with one attached hydrogen (secondary N) is 1. The Morgan fingerprint density at radius 2 is 2.05 bits per heavy atom. The van der Waals surface area contributed by atoms with Gasteiger partial charge in [-0.1, -0.05) is 53.6 Å². The highest BCUT2D eigenvalue weighted by molar-refractivity contribution is 7.71. The summed E-state index contributed by atoms with van der Waals surface area (Å²) in [6, 6.07) is 15.5. The van der Waals surface area contributed by atoms with Gasteiger partial charge in [0.25, 0.3) is 0 Å². The fourth-order valence-corrected chi connectivity index (χ4v) is 2.49. The van der Waals surface area contributed by atoms with Gasteiger partial charge in [-0.25, -0.2) is 5.10 Å². The highest BCUT2D eigenvalue weighted by Crippen LogP contribution is 2.25. The molecule has 110 valence electrons. The lowest BCUT2D eigenvalue weighted by Gasteiger charge is -2.03. The Morgan fingerprint density at radius 3 is 2.82 bits per heavy atom. The van der Waals surface area contributed by atoms with E-state index in [-0.39, 0.29) is 0 Å². The number of benzene rings is 2. The first-order valence-electron chi connectivity index (χ1n) is 6.68. The molecule has 22 heavy (non-hydrogen) atoms. The summed E-state index contributed by atoms with van der Waals surface area (Å²) in [5, 5.41) is 12.0. The van der Waals surface area contributed by atoms with Crippen molar-refractivity contribution in [1.29, 1.82) is 0 Å². The van der Waals surface area contributed by atoms with Crippen LogP contribution >= 0.6 is 23.8 Å². The topological polar surface area (TPSA) is 46.0 Å². The van der Waals surface area contributed by atoms with E-state index in [2.05, 4.69) is 15.3 Å². The fraction of sp³-hybridized carbons (Fsp3) is 0.0625. The summed E-state index contributed by atoms with van der Waals surface area (Å²) in [6.07, 6.45) is 1.75. The summed E-state index contributed by atoms with van der Waals surface area (Å²) in [4.78, 5) is 0. The third-order valence-electron chi connectivity index (χ3n) is 3.13. The number of nitrogens with zero attached hydrogens (tertiary/aromatic N) is 3. The van der Waals surface area contributed by atoms with E-state index in [0.29, 0.717) is 15.6 Å². The number of hydrogen-bond donors (Lipinski definition) is 1. The van der Waals surface area contributed by atoms with E-state index < -0.39 is 0 Å². The summed E-state index contributed by atoms with van der Waals surface area (Å²) >= 11 is 11.5. The van der Waals surface area contributed by atoms with Gasteiger partial charge in [0.05, 0.1) is 11.2 Å². The lowest BCUT2D eigenvalue weighted by molar-refractivity contribution is 0.871. The molecule has 4 nitrogen and oxygen atoms in total. The zero-order valence-electron chi connectivity index (χ0n) is 11.8. The number of hydrogen-bond acceptors (Lipinski definition) is 3. The van der Waals surface area contributed by atoms with Crippen LogP contribution in [0.3, 0.4) is 0 Å². The lowest BCUT2D eigenvalue weighted by atomic mass is 10.2. The van der Waals surface area contributed by atoms with Gasteiger partial charge in [0.2, 0.25) is 4.77 Å². The van der Waals surface area contributed by atoms with E-state index >= 15 is 0 Å². The number of aryl methyl sites for hydroxylation is 1. The second-order valence-corrected chi connectivity index (χ2v) is 5.60. The van der Waals surface area contributed by atoms with Crippen LogP contribution in [0.15, 0.2) is 53.6 Å². The zero-order valence-corrected chi connectivity index (χ0v) is 13.4. The van der Waals surface area contributed by atoms with Crippen LogP contribution in [0.1, 0.15) is 11.1 Å². The SMILES string of the molecule is Cc1cccc(C=Nn2c(-c3ccccc3Cl)n[nH]c2=S)c1. The van der Waals surface area contributed by atoms with Gasteiger partial charge in [0.1, 0.15) is 0 Å². The average Bonchev–Trinajstić information content (AvgIpc) is 2.87. The van der Waals surface area contributed by atoms with Gasteiger partial charge >= 0.3 is 0 Å². The van der Waals surface area contributed by atoms with E-state index in [1.165, 1.54) is 5.56 Å². The Labute approximate surface area is 138 Å². The highest BCUT2D eigenvalue weighted by Gasteiger charge is 2.10. The fourth-order valence-electron chi connectivity index (χ4n) is 2.09. The zero-order chi connectivity index (χ0) is 15.5. The molecular formula is C16H13ClN4S. The molecule has 1 heterocycles. The maximum absolute atomic E-state index is 6.22. The summed E-state index contributed by atoms with van der Waals surface area (Å²) in [5.41, 5.74) is 2.94. The van der Waals surface area contributed by atoms with Crippen molar-refractivity contribution in [2.75, 3.05) is 0 Å². The molecule has 3 rings (SSSR count). The molecule has 0 unspecified atom stereocenters. The molecule has 0 saturated carbocycles. The van der Waals surface area contributed by atoms with Crippen molar-refractivity contribution in [3.05, 3.63) is 69.5 Å². The van der Waals surface area contributed by atoms with Crippen LogP contribution in [0.25, 0.3) is 11.4 Å². The molecule has 0 spiro atoms. The van der Waals surface area contributed by atoms with Gasteiger partial charge in [-0.15, -0.1) is 0 Å². The molecule has 0 radical (unpaired) electrons. The normalized spacial score (nSPS) is 11.2. The maximum atomic E-state index is 6.22. The summed E-state index contributed by atoms with van der Waals surface area (Å²) in [6.45, 7) is 2.04. The van der Waals surface area contributed by atoms with E-state index in [9.17, 15) is 0 Å². The summed E-state index contributed by atoms with van der Waals surface area (Å²) in [7, 11) is 0. The van der Waals surface area contributed by atoms with Crippen LogP contribution < -0.4 is 0 Å². The molecule has 0 fully saturated rings. The lowest BCUT2D eigenvalue weighted by Crippen LogP contribution is -1.95. The Hall–Kier alpha value is -2.24. The average molecular weight is 329 g/mol. The number of aromatic amines is 1. The largest absolute Gasteiger partial charge is 0.250 e. The van der Waals surface area contributed by atoms with E-state index in [0.717, 1.165) is 11.1 Å². The molecule has 1 N–H and O–H groups in total. The van der Waals surface area contributed by atoms with Crippen molar-refractivity contribution < 1.29 is 0 Å². The van der Waals surface area contributed by atoms with Gasteiger partial charge in [-0.3, -0.25) is 0 Å². The molecule has 0 atom stereocenters. The number of halogens is 1. The number of H-pyrrole nitrogens is 1. The Bertz CT molecular complexity index is 895. The molecular weight excluding hydrogens is 316 g/mol. The minimum atomic E-state index is 0.416. The van der Waals surface area contributed by atoms with Gasteiger partial charge in [-0.2, -0.15) is 14.9 Å². The van der Waals surface area contributed by atoms with Crippen molar-refractivity contribution in [1.82, 2.24) is 14.9 Å². The van der Waals surface area contributed by atoms with Gasteiger partial charge in [0, 0.05) is 5.56 Å². The van der Waals surface area contributed by atoms with Crippen LogP contribution in [0, 0.1) is 11.7 Å². The molecule has 1 aromatic heterocycles. The van der Waals surface area contributed by atoms with Gasteiger partial charge in [0.15, 0.2) is 5.82 Å². The van der Waals surface area contributed by atoms with E-state index in [1.54, 1.807) is 10.9 Å². The molecule has 0 aliphatic carbocycles. The van der Waals surface area contributed by atoms with Crippen molar-refractivity contribution in [2.45, 2.75) is 6.92 Å². The Kier molecular flexibility index (Phi) is 4.18.